The molecular formula is C13H16N4O2S. The molecule has 0 bridgehead atoms. The summed E-state index contributed by atoms with van der Waals surface area (Å²) in [5.74, 6) is 0.714. The van der Waals surface area contributed by atoms with Crippen molar-refractivity contribution in [1.29, 1.82) is 0 Å². The Labute approximate surface area is 121 Å². The number of hydrogen-bond acceptors (Lipinski definition) is 6. The average molecular weight is 292 g/mol. The number of pyridine rings is 1. The normalized spacial score (nSPS) is 10.8. The Balaban J connectivity index is 2.05. The predicted molar refractivity (Wildman–Crippen MR) is 76.2 cm³/mol. The van der Waals surface area contributed by atoms with E-state index < -0.39 is 0 Å². The summed E-state index contributed by atoms with van der Waals surface area (Å²) >= 11 is 1.31. The van der Waals surface area contributed by atoms with Crippen molar-refractivity contribution >= 4 is 17.7 Å². The Morgan fingerprint density at radius 2 is 2.05 bits per heavy atom. The van der Waals surface area contributed by atoms with Gasteiger partial charge in [0.25, 0.3) is 0 Å². The molecule has 2 heterocycles. The highest BCUT2D eigenvalue weighted by Crippen LogP contribution is 2.22. The topological polar surface area (TPSA) is 69.9 Å². The summed E-state index contributed by atoms with van der Waals surface area (Å²) in [6.07, 6.45) is 3.31. The minimum absolute atomic E-state index is 0.102. The largest absolute Gasteiger partial charge is 0.462 e. The molecule has 0 saturated heterocycles. The monoisotopic (exact) mass is 292 g/mol. The summed E-state index contributed by atoms with van der Waals surface area (Å²) in [5, 5.41) is 8.91. The molecule has 0 aliphatic carbocycles. The van der Waals surface area contributed by atoms with E-state index >= 15 is 0 Å². The molecule has 2 rings (SSSR count). The van der Waals surface area contributed by atoms with Crippen LogP contribution >= 0.6 is 11.8 Å². The van der Waals surface area contributed by atoms with Gasteiger partial charge in [0.05, 0.1) is 11.9 Å². The number of thioether (sulfide) groups is 1. The van der Waals surface area contributed by atoms with Gasteiger partial charge in [0.15, 0.2) is 11.0 Å². The number of hydrogen-bond donors (Lipinski definition) is 0. The minimum atomic E-state index is -0.251. The first-order valence-corrected chi connectivity index (χ1v) is 7.18. The second-order valence-corrected chi connectivity index (χ2v) is 5.37. The molecule has 0 aliphatic heterocycles. The highest BCUT2D eigenvalue weighted by Gasteiger charge is 2.13. The molecule has 6 nitrogen and oxygen atoms in total. The van der Waals surface area contributed by atoms with Crippen molar-refractivity contribution in [3.63, 3.8) is 0 Å². The maximum absolute atomic E-state index is 11.5. The molecule has 2 aromatic rings. The van der Waals surface area contributed by atoms with E-state index in [0.29, 0.717) is 5.16 Å². The average Bonchev–Trinajstić information content (AvgIpc) is 2.78. The Morgan fingerprint density at radius 3 is 2.70 bits per heavy atom. The summed E-state index contributed by atoms with van der Waals surface area (Å²) in [5.41, 5.74) is 0.937. The Hall–Kier alpha value is -1.89. The zero-order valence-corrected chi connectivity index (χ0v) is 12.4. The molecule has 2 aromatic heterocycles. The molecule has 0 radical (unpaired) electrons. The Morgan fingerprint density at radius 1 is 1.35 bits per heavy atom. The smallest absolute Gasteiger partial charge is 0.316 e. The van der Waals surface area contributed by atoms with Crippen molar-refractivity contribution in [3.05, 3.63) is 24.5 Å². The third-order valence-electron chi connectivity index (χ3n) is 2.46. The summed E-state index contributed by atoms with van der Waals surface area (Å²) in [4.78, 5) is 15.5. The standard InChI is InChI=1S/C13H16N4O2S/c1-9(2)19-11(18)8-20-13-16-15-12(17(13)3)10-4-6-14-7-5-10/h4-7,9H,8H2,1-3H3. The minimum Gasteiger partial charge on any atom is -0.462 e. The van der Waals surface area contributed by atoms with Gasteiger partial charge in [-0.1, -0.05) is 11.8 Å². The molecule has 0 atom stereocenters. The highest BCUT2D eigenvalue weighted by molar-refractivity contribution is 7.99. The van der Waals surface area contributed by atoms with Crippen molar-refractivity contribution < 1.29 is 9.53 Å². The Bertz CT molecular complexity index is 583. The van der Waals surface area contributed by atoms with Crippen LogP contribution in [0.25, 0.3) is 11.4 Å². The van der Waals surface area contributed by atoms with Crippen LogP contribution in [0.3, 0.4) is 0 Å². The van der Waals surface area contributed by atoms with Gasteiger partial charge in [0.2, 0.25) is 0 Å². The SMILES string of the molecule is CC(C)OC(=O)CSc1nnc(-c2ccncc2)n1C. The molecule has 7 heteroatoms. The van der Waals surface area contributed by atoms with Crippen molar-refractivity contribution in [2.24, 2.45) is 7.05 Å². The van der Waals surface area contributed by atoms with E-state index in [9.17, 15) is 4.79 Å². The summed E-state index contributed by atoms with van der Waals surface area (Å²) in [6, 6.07) is 3.73. The third kappa shape index (κ3) is 3.57. The summed E-state index contributed by atoms with van der Waals surface area (Å²) in [7, 11) is 1.87. The van der Waals surface area contributed by atoms with Gasteiger partial charge in [-0.3, -0.25) is 9.78 Å². The molecule has 0 fully saturated rings. The first kappa shape index (κ1) is 14.5. The summed E-state index contributed by atoms with van der Waals surface area (Å²) < 4.78 is 6.93. The Kier molecular flexibility index (Phi) is 4.73. The number of carbonyl (C=O) groups is 1. The zero-order valence-electron chi connectivity index (χ0n) is 11.6. The quantitative estimate of drug-likeness (QED) is 0.619. The van der Waals surface area contributed by atoms with Gasteiger partial charge in [0.1, 0.15) is 0 Å². The molecule has 0 aliphatic rings. The molecule has 0 N–H and O–H groups in total. The zero-order chi connectivity index (χ0) is 14.5. The van der Waals surface area contributed by atoms with Gasteiger partial charge >= 0.3 is 5.97 Å². The molecule has 0 spiro atoms. The third-order valence-corrected chi connectivity index (χ3v) is 3.45. The van der Waals surface area contributed by atoms with Crippen LogP contribution in [0, 0.1) is 0 Å². The number of carbonyl (C=O) groups excluding carboxylic acids is 1. The van der Waals surface area contributed by atoms with E-state index in [4.69, 9.17) is 4.74 Å². The van der Waals surface area contributed by atoms with Crippen molar-refractivity contribution in [3.8, 4) is 11.4 Å². The number of ether oxygens (including phenoxy) is 1. The van der Waals surface area contributed by atoms with Crippen molar-refractivity contribution in [2.75, 3.05) is 5.75 Å². The fourth-order valence-corrected chi connectivity index (χ4v) is 2.31. The summed E-state index contributed by atoms with van der Waals surface area (Å²) in [6.45, 7) is 3.65. The first-order chi connectivity index (χ1) is 9.58. The van der Waals surface area contributed by atoms with Crippen LogP contribution in [0.2, 0.25) is 0 Å². The maximum atomic E-state index is 11.5. The predicted octanol–water partition coefficient (Wildman–Crippen LogP) is 1.92. The van der Waals surface area contributed by atoms with Gasteiger partial charge < -0.3 is 9.30 Å². The second-order valence-electron chi connectivity index (χ2n) is 4.43. The van der Waals surface area contributed by atoms with Crippen LogP contribution in [0.4, 0.5) is 0 Å². The maximum Gasteiger partial charge on any atom is 0.316 e. The fraction of sp³-hybridized carbons (Fsp3) is 0.385. The first-order valence-electron chi connectivity index (χ1n) is 6.20. The van der Waals surface area contributed by atoms with E-state index in [1.165, 1.54) is 11.8 Å². The molecule has 20 heavy (non-hydrogen) atoms. The van der Waals surface area contributed by atoms with Crippen molar-refractivity contribution in [2.45, 2.75) is 25.1 Å². The van der Waals surface area contributed by atoms with Gasteiger partial charge in [-0.2, -0.15) is 0 Å². The number of aromatic nitrogens is 4. The van der Waals surface area contributed by atoms with Crippen molar-refractivity contribution in [1.82, 2.24) is 19.7 Å². The van der Waals surface area contributed by atoms with Gasteiger partial charge in [-0.05, 0) is 26.0 Å². The lowest BCUT2D eigenvalue weighted by Crippen LogP contribution is -2.13. The molecule has 0 saturated carbocycles. The van der Waals surface area contributed by atoms with Crippen LogP contribution < -0.4 is 0 Å². The van der Waals surface area contributed by atoms with Gasteiger partial charge in [0, 0.05) is 25.0 Å². The van der Waals surface area contributed by atoms with Gasteiger partial charge in [-0.15, -0.1) is 10.2 Å². The van der Waals surface area contributed by atoms with Crippen LogP contribution in [0.1, 0.15) is 13.8 Å². The van der Waals surface area contributed by atoms with Crippen LogP contribution in [-0.2, 0) is 16.6 Å². The van der Waals surface area contributed by atoms with Crippen LogP contribution in [-0.4, -0.2) is 37.6 Å². The number of rotatable bonds is 5. The number of nitrogens with zero attached hydrogens (tertiary/aromatic N) is 4. The van der Waals surface area contributed by atoms with E-state index in [1.807, 2.05) is 37.6 Å². The lowest BCUT2D eigenvalue weighted by Gasteiger charge is -2.07. The van der Waals surface area contributed by atoms with Gasteiger partial charge in [-0.25, -0.2) is 0 Å². The molecule has 0 amide bonds. The van der Waals surface area contributed by atoms with E-state index in [-0.39, 0.29) is 17.8 Å². The molecule has 106 valence electrons. The second kappa shape index (κ2) is 6.51. The number of esters is 1. The highest BCUT2D eigenvalue weighted by atomic mass is 32.2. The lowest BCUT2D eigenvalue weighted by atomic mass is 10.2. The van der Waals surface area contributed by atoms with Crippen LogP contribution in [0.5, 0.6) is 0 Å². The van der Waals surface area contributed by atoms with E-state index in [0.717, 1.165) is 11.4 Å². The van der Waals surface area contributed by atoms with Crippen LogP contribution in [0.15, 0.2) is 29.7 Å². The lowest BCUT2D eigenvalue weighted by molar-refractivity contribution is -0.144. The van der Waals surface area contributed by atoms with E-state index in [1.54, 1.807) is 12.4 Å². The molecular weight excluding hydrogens is 276 g/mol. The molecule has 0 unspecified atom stereocenters. The molecule has 0 aromatic carbocycles. The van der Waals surface area contributed by atoms with E-state index in [2.05, 4.69) is 15.2 Å². The fourth-order valence-electron chi connectivity index (χ4n) is 1.61.